The SMILES string of the molecule is O=C(c1cccc2[nH]ccc12)N1CC[C@@H](c2ccsc2)C1. The maximum atomic E-state index is 12.8. The number of amides is 1. The molecule has 2 aromatic heterocycles. The molecular formula is C17H16N2OS. The van der Waals surface area contributed by atoms with Crippen molar-refractivity contribution in [2.75, 3.05) is 13.1 Å². The third-order valence-corrected chi connectivity index (χ3v) is 5.02. The van der Waals surface area contributed by atoms with Crippen LogP contribution >= 0.6 is 11.3 Å². The van der Waals surface area contributed by atoms with Gasteiger partial charge >= 0.3 is 0 Å². The molecule has 1 aromatic carbocycles. The molecule has 0 saturated carbocycles. The molecule has 1 atom stereocenters. The monoisotopic (exact) mass is 296 g/mol. The lowest BCUT2D eigenvalue weighted by atomic mass is 10.0. The number of H-pyrrole nitrogens is 1. The maximum Gasteiger partial charge on any atom is 0.254 e. The average Bonchev–Trinajstić information content (AvgIpc) is 3.23. The van der Waals surface area contributed by atoms with E-state index in [1.165, 1.54) is 5.56 Å². The largest absolute Gasteiger partial charge is 0.361 e. The van der Waals surface area contributed by atoms with Gasteiger partial charge in [-0.1, -0.05) is 6.07 Å². The molecule has 3 heterocycles. The lowest BCUT2D eigenvalue weighted by Crippen LogP contribution is -2.28. The van der Waals surface area contributed by atoms with Crippen LogP contribution in [0.2, 0.25) is 0 Å². The molecule has 3 aromatic rings. The summed E-state index contributed by atoms with van der Waals surface area (Å²) in [5, 5.41) is 5.33. The Morgan fingerprint density at radius 1 is 1.29 bits per heavy atom. The van der Waals surface area contributed by atoms with Gasteiger partial charge in [0.15, 0.2) is 0 Å². The van der Waals surface area contributed by atoms with E-state index in [-0.39, 0.29) is 5.91 Å². The van der Waals surface area contributed by atoms with Crippen molar-refractivity contribution < 1.29 is 4.79 Å². The van der Waals surface area contributed by atoms with Crippen LogP contribution in [-0.4, -0.2) is 28.9 Å². The predicted octanol–water partition coefficient (Wildman–Crippen LogP) is 3.86. The van der Waals surface area contributed by atoms with Gasteiger partial charge in [0.25, 0.3) is 5.91 Å². The minimum atomic E-state index is 0.151. The number of likely N-dealkylation sites (tertiary alicyclic amines) is 1. The summed E-state index contributed by atoms with van der Waals surface area (Å²) in [7, 11) is 0. The summed E-state index contributed by atoms with van der Waals surface area (Å²) < 4.78 is 0. The number of benzene rings is 1. The van der Waals surface area contributed by atoms with Crippen molar-refractivity contribution >= 4 is 28.1 Å². The average molecular weight is 296 g/mol. The highest BCUT2D eigenvalue weighted by molar-refractivity contribution is 7.08. The van der Waals surface area contributed by atoms with Gasteiger partial charge in [0, 0.05) is 41.7 Å². The molecule has 1 saturated heterocycles. The second kappa shape index (κ2) is 5.04. The van der Waals surface area contributed by atoms with Crippen LogP contribution in [0.3, 0.4) is 0 Å². The third-order valence-electron chi connectivity index (χ3n) is 4.32. The molecule has 1 fully saturated rings. The Morgan fingerprint density at radius 2 is 2.24 bits per heavy atom. The number of carbonyl (C=O) groups is 1. The van der Waals surface area contributed by atoms with Crippen LogP contribution in [0.1, 0.15) is 28.3 Å². The summed E-state index contributed by atoms with van der Waals surface area (Å²) >= 11 is 1.73. The van der Waals surface area contributed by atoms with E-state index in [1.54, 1.807) is 11.3 Å². The quantitative estimate of drug-likeness (QED) is 0.766. The number of hydrogen-bond donors (Lipinski definition) is 1. The van der Waals surface area contributed by atoms with Gasteiger partial charge in [-0.2, -0.15) is 11.3 Å². The van der Waals surface area contributed by atoms with Gasteiger partial charge < -0.3 is 9.88 Å². The first-order valence-corrected chi connectivity index (χ1v) is 8.14. The summed E-state index contributed by atoms with van der Waals surface area (Å²) in [6.45, 7) is 1.68. The van der Waals surface area contributed by atoms with Gasteiger partial charge in [0.1, 0.15) is 0 Å². The summed E-state index contributed by atoms with van der Waals surface area (Å²) in [6.07, 6.45) is 2.95. The number of nitrogens with zero attached hydrogens (tertiary/aromatic N) is 1. The van der Waals surface area contributed by atoms with Crippen molar-refractivity contribution in [3.05, 3.63) is 58.4 Å². The van der Waals surface area contributed by atoms with Gasteiger partial charge in [0.2, 0.25) is 0 Å². The lowest BCUT2D eigenvalue weighted by Gasteiger charge is -2.17. The number of aromatic nitrogens is 1. The maximum absolute atomic E-state index is 12.8. The van der Waals surface area contributed by atoms with Crippen LogP contribution in [0.25, 0.3) is 10.9 Å². The molecule has 1 aliphatic rings. The zero-order chi connectivity index (χ0) is 14.2. The summed E-state index contributed by atoms with van der Waals surface area (Å²) in [5.74, 6) is 0.642. The van der Waals surface area contributed by atoms with Gasteiger partial charge in [-0.05, 0) is 47.0 Å². The molecule has 0 bridgehead atoms. The Morgan fingerprint density at radius 3 is 3.10 bits per heavy atom. The summed E-state index contributed by atoms with van der Waals surface area (Å²) in [4.78, 5) is 17.9. The number of nitrogens with one attached hydrogen (secondary N) is 1. The Kier molecular flexibility index (Phi) is 3.04. The fourth-order valence-electron chi connectivity index (χ4n) is 3.17. The molecule has 21 heavy (non-hydrogen) atoms. The molecular weight excluding hydrogens is 280 g/mol. The van der Waals surface area contributed by atoms with E-state index in [1.807, 2.05) is 35.4 Å². The highest BCUT2D eigenvalue weighted by atomic mass is 32.1. The molecule has 3 nitrogen and oxygen atoms in total. The molecule has 4 rings (SSSR count). The highest BCUT2D eigenvalue weighted by Crippen LogP contribution is 2.30. The standard InChI is InChI=1S/C17H16N2OS/c20-17(15-2-1-3-16-14(15)4-7-18-16)19-8-5-12(10-19)13-6-9-21-11-13/h1-4,6-7,9,11-12,18H,5,8,10H2/t12-/m1/s1. The minimum Gasteiger partial charge on any atom is -0.361 e. The van der Waals surface area contributed by atoms with E-state index in [4.69, 9.17) is 0 Å². The first-order chi connectivity index (χ1) is 10.3. The normalized spacial score (nSPS) is 18.5. The van der Waals surface area contributed by atoms with Gasteiger partial charge in [0.05, 0.1) is 0 Å². The second-order valence-electron chi connectivity index (χ2n) is 5.54. The van der Waals surface area contributed by atoms with Crippen LogP contribution in [0, 0.1) is 0 Å². The smallest absolute Gasteiger partial charge is 0.254 e. The molecule has 0 unspecified atom stereocenters. The van der Waals surface area contributed by atoms with Gasteiger partial charge in [-0.3, -0.25) is 4.79 Å². The van der Waals surface area contributed by atoms with E-state index in [9.17, 15) is 4.79 Å². The Hall–Kier alpha value is -2.07. The predicted molar refractivity (Wildman–Crippen MR) is 85.9 cm³/mol. The van der Waals surface area contributed by atoms with Crippen LogP contribution < -0.4 is 0 Å². The highest BCUT2D eigenvalue weighted by Gasteiger charge is 2.28. The van der Waals surface area contributed by atoms with E-state index in [0.717, 1.165) is 36.0 Å². The first kappa shape index (κ1) is 12.7. The molecule has 1 N–H and O–H groups in total. The van der Waals surface area contributed by atoms with Crippen LogP contribution in [0.5, 0.6) is 0 Å². The van der Waals surface area contributed by atoms with Crippen molar-refractivity contribution in [2.45, 2.75) is 12.3 Å². The molecule has 0 radical (unpaired) electrons. The summed E-state index contributed by atoms with van der Waals surface area (Å²) in [5.41, 5.74) is 3.20. The van der Waals surface area contributed by atoms with E-state index >= 15 is 0 Å². The Balaban J connectivity index is 1.60. The first-order valence-electron chi connectivity index (χ1n) is 7.20. The Bertz CT molecular complexity index is 775. The van der Waals surface area contributed by atoms with Crippen molar-refractivity contribution in [1.29, 1.82) is 0 Å². The lowest BCUT2D eigenvalue weighted by molar-refractivity contribution is 0.0793. The molecule has 0 spiro atoms. The number of carbonyl (C=O) groups excluding carboxylic acids is 1. The van der Waals surface area contributed by atoms with Gasteiger partial charge in [-0.15, -0.1) is 0 Å². The molecule has 106 valence electrons. The van der Waals surface area contributed by atoms with Crippen LogP contribution in [-0.2, 0) is 0 Å². The fourth-order valence-corrected chi connectivity index (χ4v) is 3.91. The molecule has 0 aliphatic carbocycles. The zero-order valence-corrected chi connectivity index (χ0v) is 12.4. The summed E-state index contributed by atoms with van der Waals surface area (Å²) in [6, 6.07) is 10.0. The third kappa shape index (κ3) is 2.16. The fraction of sp³-hybridized carbons (Fsp3) is 0.235. The number of hydrogen-bond acceptors (Lipinski definition) is 2. The van der Waals surface area contributed by atoms with E-state index < -0.39 is 0 Å². The molecule has 1 aliphatic heterocycles. The minimum absolute atomic E-state index is 0.151. The number of rotatable bonds is 2. The van der Waals surface area contributed by atoms with Gasteiger partial charge in [-0.25, -0.2) is 0 Å². The van der Waals surface area contributed by atoms with Crippen molar-refractivity contribution in [3.63, 3.8) is 0 Å². The van der Waals surface area contributed by atoms with Crippen molar-refractivity contribution in [3.8, 4) is 0 Å². The van der Waals surface area contributed by atoms with E-state index in [2.05, 4.69) is 21.8 Å². The number of fused-ring (bicyclic) bond motifs is 1. The second-order valence-corrected chi connectivity index (χ2v) is 6.32. The zero-order valence-electron chi connectivity index (χ0n) is 11.6. The van der Waals surface area contributed by atoms with Crippen LogP contribution in [0.4, 0.5) is 0 Å². The van der Waals surface area contributed by atoms with E-state index in [0.29, 0.717) is 5.92 Å². The van der Waals surface area contributed by atoms with Crippen molar-refractivity contribution in [2.24, 2.45) is 0 Å². The number of thiophene rings is 1. The number of aromatic amines is 1. The van der Waals surface area contributed by atoms with Crippen LogP contribution in [0.15, 0.2) is 47.3 Å². The molecule has 1 amide bonds. The van der Waals surface area contributed by atoms with Crippen molar-refractivity contribution in [1.82, 2.24) is 9.88 Å². The molecule has 4 heteroatoms. The Labute approximate surface area is 127 Å². The topological polar surface area (TPSA) is 36.1 Å².